The van der Waals surface area contributed by atoms with Gasteiger partial charge in [-0.15, -0.1) is 0 Å². The first-order valence-corrected chi connectivity index (χ1v) is 6.45. The fourth-order valence-electron chi connectivity index (χ4n) is 2.16. The molecule has 1 aliphatic carbocycles. The van der Waals surface area contributed by atoms with Crippen LogP contribution >= 0.6 is 0 Å². The van der Waals surface area contributed by atoms with Gasteiger partial charge in [-0.05, 0) is 32.1 Å². The van der Waals surface area contributed by atoms with E-state index in [2.05, 4.69) is 31.2 Å². The van der Waals surface area contributed by atoms with Crippen LogP contribution in [0.25, 0.3) is 0 Å². The van der Waals surface area contributed by atoms with Gasteiger partial charge in [0.25, 0.3) is 0 Å². The van der Waals surface area contributed by atoms with Gasteiger partial charge in [0, 0.05) is 24.6 Å². The molecule has 3 nitrogen and oxygen atoms in total. The molecular weight excluding hydrogens is 200 g/mol. The Morgan fingerprint density at radius 2 is 2.12 bits per heavy atom. The number of aryl methyl sites for hydroxylation is 2. The molecule has 1 aliphatic rings. The van der Waals surface area contributed by atoms with Gasteiger partial charge in [0.1, 0.15) is 5.76 Å². The Bertz CT molecular complexity index is 320. The van der Waals surface area contributed by atoms with Crippen molar-refractivity contribution in [3.8, 4) is 0 Å². The highest BCUT2D eigenvalue weighted by molar-refractivity contribution is 5.23. The maximum Gasteiger partial charge on any atom is 0.141 e. The summed E-state index contributed by atoms with van der Waals surface area (Å²) in [5, 5.41) is 7.73. The zero-order chi connectivity index (χ0) is 11.5. The van der Waals surface area contributed by atoms with Gasteiger partial charge in [-0.25, -0.2) is 0 Å². The summed E-state index contributed by atoms with van der Waals surface area (Å²) < 4.78 is 5.35. The zero-order valence-corrected chi connectivity index (χ0v) is 10.5. The summed E-state index contributed by atoms with van der Waals surface area (Å²) in [4.78, 5) is 0. The summed E-state index contributed by atoms with van der Waals surface area (Å²) >= 11 is 0. The van der Waals surface area contributed by atoms with Crippen molar-refractivity contribution in [2.45, 2.75) is 59.0 Å². The fourth-order valence-corrected chi connectivity index (χ4v) is 2.16. The van der Waals surface area contributed by atoms with Crippen LogP contribution in [-0.4, -0.2) is 11.2 Å². The van der Waals surface area contributed by atoms with E-state index in [4.69, 9.17) is 4.52 Å². The van der Waals surface area contributed by atoms with Crippen LogP contribution in [0.15, 0.2) is 4.52 Å². The molecule has 0 aromatic carbocycles. The zero-order valence-electron chi connectivity index (χ0n) is 10.5. The van der Waals surface area contributed by atoms with E-state index in [0.29, 0.717) is 6.04 Å². The molecule has 1 fully saturated rings. The van der Waals surface area contributed by atoms with Crippen molar-refractivity contribution in [2.24, 2.45) is 5.92 Å². The van der Waals surface area contributed by atoms with Gasteiger partial charge in [0.2, 0.25) is 0 Å². The summed E-state index contributed by atoms with van der Waals surface area (Å²) in [5.74, 6) is 1.95. The lowest BCUT2D eigenvalue weighted by molar-refractivity contribution is 0.379. The first-order valence-electron chi connectivity index (χ1n) is 6.45. The largest absolute Gasteiger partial charge is 0.361 e. The molecular formula is C13H22N2O. The Morgan fingerprint density at radius 1 is 1.38 bits per heavy atom. The van der Waals surface area contributed by atoms with E-state index in [0.717, 1.165) is 36.8 Å². The smallest absolute Gasteiger partial charge is 0.141 e. The van der Waals surface area contributed by atoms with Gasteiger partial charge in [0.15, 0.2) is 0 Å². The minimum Gasteiger partial charge on any atom is -0.361 e. The molecule has 0 unspecified atom stereocenters. The highest BCUT2D eigenvalue weighted by Crippen LogP contribution is 2.32. The molecule has 1 heterocycles. The third kappa shape index (κ3) is 2.46. The van der Waals surface area contributed by atoms with Crippen molar-refractivity contribution in [1.29, 1.82) is 0 Å². The molecule has 0 bridgehead atoms. The topological polar surface area (TPSA) is 38.1 Å². The molecule has 0 amide bonds. The quantitative estimate of drug-likeness (QED) is 0.804. The summed E-state index contributed by atoms with van der Waals surface area (Å²) in [6, 6.07) is 0.629. The van der Waals surface area contributed by atoms with Gasteiger partial charge in [0.05, 0.1) is 5.69 Å². The van der Waals surface area contributed by atoms with Crippen molar-refractivity contribution in [1.82, 2.24) is 10.5 Å². The van der Waals surface area contributed by atoms with Crippen molar-refractivity contribution in [2.75, 3.05) is 0 Å². The minimum absolute atomic E-state index is 0.629. The lowest BCUT2D eigenvalue weighted by Gasteiger charge is -2.12. The average molecular weight is 222 g/mol. The van der Waals surface area contributed by atoms with Crippen LogP contribution in [-0.2, 0) is 19.4 Å². The highest BCUT2D eigenvalue weighted by Gasteiger charge is 2.27. The van der Waals surface area contributed by atoms with E-state index in [1.54, 1.807) is 0 Å². The van der Waals surface area contributed by atoms with Crippen LogP contribution in [0.2, 0.25) is 0 Å². The molecule has 1 N–H and O–H groups in total. The SMILES string of the molecule is CCc1noc(CC)c1CN[C@H](C)C1CC1. The van der Waals surface area contributed by atoms with E-state index >= 15 is 0 Å². The van der Waals surface area contributed by atoms with E-state index in [1.807, 2.05) is 0 Å². The van der Waals surface area contributed by atoms with Crippen LogP contribution in [0.5, 0.6) is 0 Å². The fraction of sp³-hybridized carbons (Fsp3) is 0.769. The van der Waals surface area contributed by atoms with Crippen LogP contribution in [0.3, 0.4) is 0 Å². The third-order valence-electron chi connectivity index (χ3n) is 3.54. The number of hydrogen-bond acceptors (Lipinski definition) is 3. The number of rotatable bonds is 6. The molecule has 1 saturated carbocycles. The van der Waals surface area contributed by atoms with Crippen LogP contribution in [0.4, 0.5) is 0 Å². The molecule has 0 radical (unpaired) electrons. The molecule has 16 heavy (non-hydrogen) atoms. The Balaban J connectivity index is 1.97. The summed E-state index contributed by atoms with van der Waals surface area (Å²) in [5.41, 5.74) is 2.41. The Kier molecular flexibility index (Phi) is 3.64. The van der Waals surface area contributed by atoms with Crippen LogP contribution < -0.4 is 5.32 Å². The molecule has 1 atom stereocenters. The van der Waals surface area contributed by atoms with E-state index < -0.39 is 0 Å². The first kappa shape index (κ1) is 11.6. The lowest BCUT2D eigenvalue weighted by atomic mass is 10.1. The molecule has 0 spiro atoms. The molecule has 2 rings (SSSR count). The highest BCUT2D eigenvalue weighted by atomic mass is 16.5. The third-order valence-corrected chi connectivity index (χ3v) is 3.54. The van der Waals surface area contributed by atoms with Crippen molar-refractivity contribution < 1.29 is 4.52 Å². The normalized spacial score (nSPS) is 17.7. The van der Waals surface area contributed by atoms with E-state index in [9.17, 15) is 0 Å². The van der Waals surface area contributed by atoms with Gasteiger partial charge in [-0.2, -0.15) is 0 Å². The van der Waals surface area contributed by atoms with Gasteiger partial charge < -0.3 is 9.84 Å². The summed E-state index contributed by atoms with van der Waals surface area (Å²) in [6.45, 7) is 7.44. The lowest BCUT2D eigenvalue weighted by Crippen LogP contribution is -2.27. The monoisotopic (exact) mass is 222 g/mol. The Hall–Kier alpha value is -0.830. The minimum atomic E-state index is 0.629. The predicted octanol–water partition coefficient (Wildman–Crippen LogP) is 2.69. The second-order valence-electron chi connectivity index (χ2n) is 4.75. The summed E-state index contributed by atoms with van der Waals surface area (Å²) in [7, 11) is 0. The number of hydrogen-bond donors (Lipinski definition) is 1. The molecule has 1 aromatic rings. The van der Waals surface area contributed by atoms with Crippen molar-refractivity contribution >= 4 is 0 Å². The number of nitrogens with zero attached hydrogens (tertiary/aromatic N) is 1. The molecule has 90 valence electrons. The second-order valence-corrected chi connectivity index (χ2v) is 4.75. The van der Waals surface area contributed by atoms with E-state index in [1.165, 1.54) is 18.4 Å². The second kappa shape index (κ2) is 5.00. The average Bonchev–Trinajstić information content (AvgIpc) is 3.07. The van der Waals surface area contributed by atoms with E-state index in [-0.39, 0.29) is 0 Å². The van der Waals surface area contributed by atoms with Gasteiger partial charge >= 0.3 is 0 Å². The Labute approximate surface area is 97.6 Å². The van der Waals surface area contributed by atoms with Crippen LogP contribution in [0.1, 0.15) is 50.6 Å². The van der Waals surface area contributed by atoms with Gasteiger partial charge in [-0.3, -0.25) is 0 Å². The molecule has 1 aromatic heterocycles. The summed E-state index contributed by atoms with van der Waals surface area (Å²) in [6.07, 6.45) is 4.66. The molecule has 0 aliphatic heterocycles. The molecule has 3 heteroatoms. The van der Waals surface area contributed by atoms with Crippen molar-refractivity contribution in [3.63, 3.8) is 0 Å². The van der Waals surface area contributed by atoms with Gasteiger partial charge in [-0.1, -0.05) is 19.0 Å². The Morgan fingerprint density at radius 3 is 2.69 bits per heavy atom. The van der Waals surface area contributed by atoms with Crippen molar-refractivity contribution in [3.05, 3.63) is 17.0 Å². The maximum absolute atomic E-state index is 5.35. The predicted molar refractivity (Wildman–Crippen MR) is 64.3 cm³/mol. The molecule has 0 saturated heterocycles. The standard InChI is InChI=1S/C13H22N2O/c1-4-12-11(13(5-2)16-15-12)8-14-9(3)10-6-7-10/h9-10,14H,4-8H2,1-3H3/t9-/m1/s1. The first-order chi connectivity index (χ1) is 7.76. The maximum atomic E-state index is 5.35. The number of nitrogens with one attached hydrogen (secondary N) is 1. The number of aromatic nitrogens is 1. The van der Waals surface area contributed by atoms with Crippen LogP contribution in [0, 0.1) is 5.92 Å².